The van der Waals surface area contributed by atoms with Crippen LogP contribution in [0, 0.1) is 18.3 Å². The van der Waals surface area contributed by atoms with Gasteiger partial charge in [0.2, 0.25) is 0 Å². The molecule has 1 fully saturated rings. The van der Waals surface area contributed by atoms with Crippen LogP contribution >= 0.6 is 0 Å². The quantitative estimate of drug-likeness (QED) is 0.597. The monoisotopic (exact) mass is 461 g/mol. The molecule has 34 heavy (non-hydrogen) atoms. The number of aryl methyl sites for hydroxylation is 2. The molecule has 2 aliphatic heterocycles. The van der Waals surface area contributed by atoms with Gasteiger partial charge in [-0.1, -0.05) is 32.0 Å². The fraction of sp³-hybridized carbons (Fsp3) is 0.462. The van der Waals surface area contributed by atoms with E-state index >= 15 is 0 Å². The van der Waals surface area contributed by atoms with Crippen molar-refractivity contribution in [3.05, 3.63) is 51.9 Å². The molecule has 0 spiro atoms. The van der Waals surface area contributed by atoms with Crippen LogP contribution in [0.25, 0.3) is 22.4 Å². The predicted octanol–water partition coefficient (Wildman–Crippen LogP) is 3.60. The molecule has 2 unspecified atom stereocenters. The predicted molar refractivity (Wildman–Crippen MR) is 132 cm³/mol. The van der Waals surface area contributed by atoms with E-state index in [9.17, 15) is 9.59 Å². The third-order valence-electron chi connectivity index (χ3n) is 6.70. The van der Waals surface area contributed by atoms with Crippen LogP contribution < -0.4 is 5.69 Å². The highest BCUT2D eigenvalue weighted by Gasteiger charge is 2.35. The van der Waals surface area contributed by atoms with Crippen molar-refractivity contribution in [3.63, 3.8) is 0 Å². The number of piperidine rings is 1. The zero-order chi connectivity index (χ0) is 24.2. The number of fused-ring (bicyclic) bond motifs is 2. The first-order valence-corrected chi connectivity index (χ1v) is 11.8. The van der Waals surface area contributed by atoms with E-state index in [-0.39, 0.29) is 29.0 Å². The second-order valence-electron chi connectivity index (χ2n) is 10.7. The second-order valence-corrected chi connectivity index (χ2v) is 10.7. The number of aromatic nitrogens is 3. The van der Waals surface area contributed by atoms with Gasteiger partial charge < -0.3 is 9.74 Å². The minimum atomic E-state index is -0.0712. The van der Waals surface area contributed by atoms with E-state index in [1.165, 1.54) is 0 Å². The van der Waals surface area contributed by atoms with Crippen LogP contribution in [0.15, 0.2) is 40.3 Å². The molecule has 1 saturated heterocycles. The van der Waals surface area contributed by atoms with Gasteiger partial charge in [0, 0.05) is 44.2 Å². The lowest BCUT2D eigenvalue weighted by Crippen LogP contribution is -2.45. The molecule has 4 heterocycles. The van der Waals surface area contributed by atoms with Gasteiger partial charge in [-0.3, -0.25) is 13.9 Å². The van der Waals surface area contributed by atoms with Gasteiger partial charge in [-0.2, -0.15) is 0 Å². The number of carbonyl (C=O) groups excluding carboxylic acids is 1. The molecule has 1 amide bonds. The number of hydrogen-bond donors (Lipinski definition) is 0. The highest BCUT2D eigenvalue weighted by molar-refractivity contribution is 5.96. The van der Waals surface area contributed by atoms with Gasteiger partial charge in [-0.25, -0.2) is 9.78 Å². The number of hydrogen-bond acceptors (Lipinski definition) is 5. The summed E-state index contributed by atoms with van der Waals surface area (Å²) in [5.41, 5.74) is 4.66. The van der Waals surface area contributed by atoms with E-state index in [0.29, 0.717) is 30.8 Å². The number of benzene rings is 1. The van der Waals surface area contributed by atoms with E-state index in [2.05, 4.69) is 25.9 Å². The Bertz CT molecular complexity index is 1360. The van der Waals surface area contributed by atoms with Gasteiger partial charge in [0.15, 0.2) is 5.65 Å². The van der Waals surface area contributed by atoms with Crippen molar-refractivity contribution in [2.24, 2.45) is 23.5 Å². The summed E-state index contributed by atoms with van der Waals surface area (Å²) in [5.74, 6) is 0.162. The van der Waals surface area contributed by atoms with E-state index in [1.54, 1.807) is 22.4 Å². The number of nitrogens with zero attached hydrogens (tertiary/aromatic N) is 5. The average molecular weight is 462 g/mol. The van der Waals surface area contributed by atoms with Crippen molar-refractivity contribution >= 4 is 23.3 Å². The van der Waals surface area contributed by atoms with E-state index in [1.807, 2.05) is 42.2 Å². The molecule has 2 aromatic heterocycles. The number of likely N-dealkylation sites (tertiary alicyclic amines) is 1. The first-order valence-electron chi connectivity index (χ1n) is 11.8. The van der Waals surface area contributed by atoms with Crippen LogP contribution in [0.2, 0.25) is 0 Å². The number of pyridine rings is 1. The average Bonchev–Trinajstić information content (AvgIpc) is 3.36. The zero-order valence-corrected chi connectivity index (χ0v) is 20.4. The zero-order valence-electron chi connectivity index (χ0n) is 20.4. The highest BCUT2D eigenvalue weighted by Crippen LogP contribution is 2.28. The SMILES string of the molecule is Cc1ccc(C(=O)N2CCC3ON=CC3C2)cc1-c1ccc2c(n1)n(C)c(=O)n2CC(C)(C)C. The van der Waals surface area contributed by atoms with Gasteiger partial charge >= 0.3 is 5.69 Å². The number of imidazole rings is 1. The molecule has 0 saturated carbocycles. The normalized spacial score (nSPS) is 20.0. The third-order valence-corrected chi connectivity index (χ3v) is 6.70. The van der Waals surface area contributed by atoms with Gasteiger partial charge in [-0.15, -0.1) is 0 Å². The Kier molecular flexibility index (Phi) is 5.34. The molecule has 2 aliphatic rings. The van der Waals surface area contributed by atoms with Gasteiger partial charge in [-0.05, 0) is 42.2 Å². The topological polar surface area (TPSA) is 81.7 Å². The van der Waals surface area contributed by atoms with E-state index < -0.39 is 0 Å². The van der Waals surface area contributed by atoms with Crippen molar-refractivity contribution in [1.82, 2.24) is 19.0 Å². The summed E-state index contributed by atoms with van der Waals surface area (Å²) in [5, 5.41) is 3.92. The first kappa shape index (κ1) is 22.4. The maximum atomic E-state index is 13.3. The molecule has 0 N–H and O–H groups in total. The number of rotatable bonds is 3. The van der Waals surface area contributed by atoms with Crippen molar-refractivity contribution < 1.29 is 9.63 Å². The Balaban J connectivity index is 1.49. The lowest BCUT2D eigenvalue weighted by atomic mass is 9.95. The van der Waals surface area contributed by atoms with Gasteiger partial charge in [0.1, 0.15) is 6.10 Å². The lowest BCUT2D eigenvalue weighted by molar-refractivity contribution is 0.0146. The molecular formula is C26H31N5O3. The second kappa shape index (κ2) is 8.11. The van der Waals surface area contributed by atoms with Crippen LogP contribution in [0.5, 0.6) is 0 Å². The molecule has 1 aromatic carbocycles. The number of amides is 1. The summed E-state index contributed by atoms with van der Waals surface area (Å²) in [4.78, 5) is 38.3. The molecule has 0 bridgehead atoms. The maximum Gasteiger partial charge on any atom is 0.330 e. The largest absolute Gasteiger partial charge is 0.392 e. The molecule has 0 aliphatic carbocycles. The summed E-state index contributed by atoms with van der Waals surface area (Å²) < 4.78 is 3.39. The maximum absolute atomic E-state index is 13.3. The van der Waals surface area contributed by atoms with Crippen LogP contribution in [-0.2, 0) is 18.4 Å². The smallest absolute Gasteiger partial charge is 0.330 e. The van der Waals surface area contributed by atoms with Gasteiger partial charge in [0.25, 0.3) is 5.91 Å². The standard InChI is InChI=1S/C26H31N5O3/c1-16-6-7-17(24(32)30-11-10-22-18(14-30)13-27-34-22)12-19(16)20-8-9-21-23(28-20)29(5)25(33)31(21)15-26(2,3)4/h6-9,12-13,18,22H,10-11,14-15H2,1-5H3. The van der Waals surface area contributed by atoms with E-state index in [0.717, 1.165) is 28.8 Å². The highest BCUT2D eigenvalue weighted by atomic mass is 16.6. The summed E-state index contributed by atoms with van der Waals surface area (Å²) >= 11 is 0. The lowest BCUT2D eigenvalue weighted by Gasteiger charge is -2.32. The Labute approximate surface area is 198 Å². The summed E-state index contributed by atoms with van der Waals surface area (Å²) in [7, 11) is 1.76. The van der Waals surface area contributed by atoms with Crippen molar-refractivity contribution in [2.45, 2.75) is 46.8 Å². The molecule has 8 nitrogen and oxygen atoms in total. The molecule has 8 heteroatoms. The van der Waals surface area contributed by atoms with Crippen molar-refractivity contribution in [1.29, 1.82) is 0 Å². The summed E-state index contributed by atoms with van der Waals surface area (Å²) in [6.07, 6.45) is 2.68. The molecule has 3 aromatic rings. The summed E-state index contributed by atoms with van der Waals surface area (Å²) in [6.45, 7) is 10.2. The Hall–Kier alpha value is -3.42. The van der Waals surface area contributed by atoms with Crippen LogP contribution in [0.3, 0.4) is 0 Å². The Morgan fingerprint density at radius 2 is 2.00 bits per heavy atom. The first-order chi connectivity index (χ1) is 16.1. The Morgan fingerprint density at radius 1 is 1.21 bits per heavy atom. The van der Waals surface area contributed by atoms with E-state index in [4.69, 9.17) is 9.82 Å². The van der Waals surface area contributed by atoms with Crippen LogP contribution in [0.4, 0.5) is 0 Å². The minimum Gasteiger partial charge on any atom is -0.392 e. The molecule has 178 valence electrons. The fourth-order valence-corrected chi connectivity index (χ4v) is 4.87. The summed E-state index contributed by atoms with van der Waals surface area (Å²) in [6, 6.07) is 9.66. The Morgan fingerprint density at radius 3 is 2.76 bits per heavy atom. The van der Waals surface area contributed by atoms with Crippen LogP contribution in [-0.4, -0.2) is 50.3 Å². The molecule has 2 atom stereocenters. The molecule has 5 rings (SSSR count). The van der Waals surface area contributed by atoms with Crippen molar-refractivity contribution in [3.8, 4) is 11.3 Å². The fourth-order valence-electron chi connectivity index (χ4n) is 4.87. The van der Waals surface area contributed by atoms with Crippen molar-refractivity contribution in [2.75, 3.05) is 13.1 Å². The number of carbonyl (C=O) groups is 1. The third kappa shape index (κ3) is 3.91. The molecular weight excluding hydrogens is 430 g/mol. The molecule has 0 radical (unpaired) electrons. The minimum absolute atomic E-state index is 0.00445. The number of oxime groups is 1. The van der Waals surface area contributed by atoms with Crippen LogP contribution in [0.1, 0.15) is 43.1 Å². The van der Waals surface area contributed by atoms with Gasteiger partial charge in [0.05, 0.1) is 23.3 Å².